The van der Waals surface area contributed by atoms with Crippen molar-refractivity contribution in [2.45, 2.75) is 19.1 Å². The van der Waals surface area contributed by atoms with Crippen LogP contribution in [0.5, 0.6) is 5.75 Å². The van der Waals surface area contributed by atoms with Gasteiger partial charge in [-0.2, -0.15) is 13.9 Å². The van der Waals surface area contributed by atoms with Crippen LogP contribution in [0.2, 0.25) is 0 Å². The number of ether oxygens (including phenoxy) is 1. The molecule has 30 heavy (non-hydrogen) atoms. The molecule has 0 radical (unpaired) electrons. The van der Waals surface area contributed by atoms with E-state index in [1.165, 1.54) is 37.4 Å². The number of urea groups is 1. The van der Waals surface area contributed by atoms with Crippen molar-refractivity contribution in [3.05, 3.63) is 77.9 Å². The second-order valence-electron chi connectivity index (χ2n) is 6.89. The van der Waals surface area contributed by atoms with Gasteiger partial charge in [-0.1, -0.05) is 54.6 Å². The van der Waals surface area contributed by atoms with Crippen molar-refractivity contribution in [2.75, 3.05) is 0 Å². The van der Waals surface area contributed by atoms with Gasteiger partial charge in [-0.25, -0.2) is 4.79 Å². The zero-order valence-corrected chi connectivity index (χ0v) is 15.9. The molecule has 0 unspecified atom stereocenters. The van der Waals surface area contributed by atoms with Crippen LogP contribution in [-0.4, -0.2) is 29.8 Å². The average molecular weight is 409 g/mol. The molecule has 0 bridgehead atoms. The van der Waals surface area contributed by atoms with Crippen LogP contribution in [0.25, 0.3) is 10.8 Å². The number of benzene rings is 3. The normalized spacial score (nSPS) is 19.1. The number of hydrogen-bond acceptors (Lipinski definition) is 4. The summed E-state index contributed by atoms with van der Waals surface area (Å²) in [5.41, 5.74) is -0.197. The Kier molecular flexibility index (Phi) is 4.91. The molecule has 1 aliphatic heterocycles. The molecular weight excluding hydrogens is 392 g/mol. The highest BCUT2D eigenvalue weighted by molar-refractivity contribution is 6.08. The molecule has 4 rings (SSSR count). The van der Waals surface area contributed by atoms with Crippen molar-refractivity contribution in [3.63, 3.8) is 0 Å². The Morgan fingerprint density at radius 1 is 1.03 bits per heavy atom. The Labute approximate surface area is 170 Å². The first-order chi connectivity index (χ1) is 14.4. The lowest BCUT2D eigenvalue weighted by atomic mass is 9.92. The molecule has 3 amide bonds. The van der Waals surface area contributed by atoms with E-state index in [1.807, 2.05) is 42.5 Å². The molecule has 0 aliphatic carbocycles. The van der Waals surface area contributed by atoms with Crippen molar-refractivity contribution in [2.24, 2.45) is 5.10 Å². The van der Waals surface area contributed by atoms with Crippen LogP contribution in [0.1, 0.15) is 18.1 Å². The predicted molar refractivity (Wildman–Crippen MR) is 107 cm³/mol. The van der Waals surface area contributed by atoms with Gasteiger partial charge in [0.05, 0.1) is 6.21 Å². The van der Waals surface area contributed by atoms with E-state index >= 15 is 0 Å². The fourth-order valence-electron chi connectivity index (χ4n) is 3.38. The molecule has 1 fully saturated rings. The number of alkyl halides is 2. The summed E-state index contributed by atoms with van der Waals surface area (Å²) in [6.45, 7) is -1.41. The molecule has 152 valence electrons. The number of hydrazone groups is 1. The van der Waals surface area contributed by atoms with Crippen LogP contribution in [0.3, 0.4) is 0 Å². The Balaban J connectivity index is 1.60. The summed E-state index contributed by atoms with van der Waals surface area (Å²) in [5, 5.41) is 9.44. The molecule has 1 saturated heterocycles. The molecule has 8 heteroatoms. The van der Waals surface area contributed by atoms with Gasteiger partial charge in [-0.15, -0.1) is 5.01 Å². The summed E-state index contributed by atoms with van der Waals surface area (Å²) in [6.07, 6.45) is 1.46. The minimum Gasteiger partial charge on any atom is -0.435 e. The van der Waals surface area contributed by atoms with Gasteiger partial charge < -0.3 is 10.1 Å². The fourth-order valence-corrected chi connectivity index (χ4v) is 3.38. The molecule has 0 spiro atoms. The lowest BCUT2D eigenvalue weighted by Crippen LogP contribution is -2.40. The predicted octanol–water partition coefficient (Wildman–Crippen LogP) is 4.24. The average Bonchev–Trinajstić information content (AvgIpc) is 2.95. The molecule has 1 N–H and O–H groups in total. The van der Waals surface area contributed by atoms with Crippen molar-refractivity contribution in [1.82, 2.24) is 10.3 Å². The van der Waals surface area contributed by atoms with Crippen molar-refractivity contribution >= 4 is 28.9 Å². The maximum absolute atomic E-state index is 13.0. The van der Waals surface area contributed by atoms with Crippen molar-refractivity contribution < 1.29 is 23.1 Å². The van der Waals surface area contributed by atoms with Gasteiger partial charge in [0.1, 0.15) is 11.3 Å². The molecule has 0 saturated carbocycles. The number of halogens is 2. The molecule has 1 aliphatic rings. The van der Waals surface area contributed by atoms with E-state index < -0.39 is 24.1 Å². The molecule has 0 aromatic heterocycles. The minimum absolute atomic E-state index is 0.0417. The number of carbonyl (C=O) groups excluding carboxylic acids is 2. The number of nitrogens with zero attached hydrogens (tertiary/aromatic N) is 2. The van der Waals surface area contributed by atoms with E-state index in [0.717, 1.165) is 21.3 Å². The van der Waals surface area contributed by atoms with Crippen LogP contribution in [-0.2, 0) is 10.3 Å². The van der Waals surface area contributed by atoms with Crippen LogP contribution >= 0.6 is 0 Å². The van der Waals surface area contributed by atoms with E-state index in [-0.39, 0.29) is 5.75 Å². The summed E-state index contributed by atoms with van der Waals surface area (Å²) in [5.74, 6) is -0.619. The third-order valence-corrected chi connectivity index (χ3v) is 4.96. The molecular formula is C22H17F2N3O3. The van der Waals surface area contributed by atoms with Gasteiger partial charge in [-0.05, 0) is 35.4 Å². The highest BCUT2D eigenvalue weighted by Gasteiger charge is 2.49. The number of amides is 3. The molecule has 1 heterocycles. The van der Waals surface area contributed by atoms with Crippen LogP contribution < -0.4 is 10.1 Å². The number of carbonyl (C=O) groups is 2. The molecule has 6 nitrogen and oxygen atoms in total. The van der Waals surface area contributed by atoms with Gasteiger partial charge in [0.25, 0.3) is 5.91 Å². The fraction of sp³-hybridized carbons (Fsp3) is 0.136. The number of nitrogens with one attached hydrogen (secondary N) is 1. The summed E-state index contributed by atoms with van der Waals surface area (Å²) >= 11 is 0. The first-order valence-electron chi connectivity index (χ1n) is 9.12. The minimum atomic E-state index is -2.95. The topological polar surface area (TPSA) is 71.0 Å². The maximum atomic E-state index is 13.0. The van der Waals surface area contributed by atoms with Crippen molar-refractivity contribution in [3.8, 4) is 5.75 Å². The van der Waals surface area contributed by atoms with Gasteiger partial charge in [0.15, 0.2) is 0 Å². The van der Waals surface area contributed by atoms with Crippen LogP contribution in [0.4, 0.5) is 13.6 Å². The molecule has 1 atom stereocenters. The van der Waals surface area contributed by atoms with E-state index in [1.54, 1.807) is 0 Å². The molecule has 3 aromatic carbocycles. The Morgan fingerprint density at radius 2 is 1.73 bits per heavy atom. The number of imide groups is 1. The number of hydrogen-bond donors (Lipinski definition) is 1. The Morgan fingerprint density at radius 3 is 2.47 bits per heavy atom. The highest BCUT2D eigenvalue weighted by atomic mass is 19.3. The SMILES string of the molecule is C[C@@]1(c2ccc(OC(F)F)cc2)NC(=O)N(N=Cc2cccc3ccccc23)C1=O. The lowest BCUT2D eigenvalue weighted by molar-refractivity contribution is -0.131. The zero-order chi connectivity index (χ0) is 21.3. The first-order valence-corrected chi connectivity index (χ1v) is 9.12. The first kappa shape index (κ1) is 19.5. The Bertz CT molecular complexity index is 1140. The summed E-state index contributed by atoms with van der Waals surface area (Å²) in [7, 11) is 0. The van der Waals surface area contributed by atoms with E-state index in [2.05, 4.69) is 15.2 Å². The number of fused-ring (bicyclic) bond motifs is 1. The second kappa shape index (κ2) is 7.55. The Hall–Kier alpha value is -3.81. The maximum Gasteiger partial charge on any atom is 0.387 e. The van der Waals surface area contributed by atoms with Gasteiger partial charge in [-0.3, -0.25) is 4.79 Å². The third kappa shape index (κ3) is 3.47. The van der Waals surface area contributed by atoms with Gasteiger partial charge in [0.2, 0.25) is 0 Å². The largest absolute Gasteiger partial charge is 0.435 e. The lowest BCUT2D eigenvalue weighted by Gasteiger charge is -2.21. The van der Waals surface area contributed by atoms with E-state index in [9.17, 15) is 18.4 Å². The van der Waals surface area contributed by atoms with E-state index in [0.29, 0.717) is 5.56 Å². The quantitative estimate of drug-likeness (QED) is 0.506. The van der Waals surface area contributed by atoms with Crippen LogP contribution in [0, 0.1) is 0 Å². The zero-order valence-electron chi connectivity index (χ0n) is 15.9. The third-order valence-electron chi connectivity index (χ3n) is 4.96. The summed E-state index contributed by atoms with van der Waals surface area (Å²) in [6, 6.07) is 18.2. The van der Waals surface area contributed by atoms with Crippen LogP contribution in [0.15, 0.2) is 71.8 Å². The number of rotatable bonds is 5. The molecule has 3 aromatic rings. The van der Waals surface area contributed by atoms with Gasteiger partial charge in [0, 0.05) is 5.56 Å². The van der Waals surface area contributed by atoms with Gasteiger partial charge >= 0.3 is 12.6 Å². The van der Waals surface area contributed by atoms with Crippen molar-refractivity contribution in [1.29, 1.82) is 0 Å². The van der Waals surface area contributed by atoms with E-state index in [4.69, 9.17) is 0 Å². The smallest absolute Gasteiger partial charge is 0.387 e. The summed E-state index contributed by atoms with van der Waals surface area (Å²) < 4.78 is 29.0. The highest BCUT2D eigenvalue weighted by Crippen LogP contribution is 2.30. The standard InChI is InChI=1S/C22H17F2N3O3/c1-22(16-9-11-17(12-10-16)30-20(23)24)19(28)27(21(29)26-22)25-13-15-7-4-6-14-5-2-3-8-18(14)15/h2-13,20H,1H3,(H,26,29)/t22-/m0/s1. The second-order valence-corrected chi connectivity index (χ2v) is 6.89. The monoisotopic (exact) mass is 409 g/mol. The summed E-state index contributed by atoms with van der Waals surface area (Å²) in [4.78, 5) is 25.4.